The van der Waals surface area contributed by atoms with Crippen LogP contribution in [0.1, 0.15) is 32.4 Å². The number of imidazole rings is 1. The van der Waals surface area contributed by atoms with Gasteiger partial charge in [0.15, 0.2) is 4.96 Å². The van der Waals surface area contributed by atoms with Crippen LogP contribution in [0.15, 0.2) is 34.5 Å². The molecule has 5 rings (SSSR count). The fraction of sp³-hybridized carbons (Fsp3) is 0.471. The average Bonchev–Trinajstić information content (AvgIpc) is 3.08. The number of carbonyl (C=O) groups is 1. The molecule has 1 amide bonds. The third kappa shape index (κ3) is 2.51. The smallest absolute Gasteiger partial charge is 0.246 e. The van der Waals surface area contributed by atoms with E-state index < -0.39 is 0 Å². The van der Waals surface area contributed by atoms with Gasteiger partial charge in [-0.1, -0.05) is 19.9 Å². The topological polar surface area (TPSA) is 58.8 Å². The van der Waals surface area contributed by atoms with E-state index in [1.54, 1.807) is 11.3 Å². The van der Waals surface area contributed by atoms with Crippen molar-refractivity contribution < 1.29 is 4.79 Å². The molecule has 0 radical (unpaired) electrons. The van der Waals surface area contributed by atoms with Crippen LogP contribution in [0.2, 0.25) is 0 Å². The van der Waals surface area contributed by atoms with Gasteiger partial charge in [0.2, 0.25) is 5.91 Å². The van der Waals surface area contributed by atoms with Crippen molar-refractivity contribution in [3.05, 3.63) is 35.1 Å². The van der Waals surface area contributed by atoms with E-state index in [0.29, 0.717) is 11.3 Å². The Bertz CT molecular complexity index is 785. The van der Waals surface area contributed by atoms with Crippen LogP contribution in [-0.4, -0.2) is 21.5 Å². The highest BCUT2D eigenvalue weighted by Crippen LogP contribution is 2.58. The zero-order valence-corrected chi connectivity index (χ0v) is 14.1. The Labute approximate surface area is 139 Å². The van der Waals surface area contributed by atoms with Crippen LogP contribution in [0.4, 0.5) is 0 Å². The highest BCUT2D eigenvalue weighted by atomic mass is 32.1. The van der Waals surface area contributed by atoms with Gasteiger partial charge in [-0.2, -0.15) is 5.10 Å². The van der Waals surface area contributed by atoms with E-state index in [1.165, 1.54) is 12.0 Å². The van der Waals surface area contributed by atoms with Crippen molar-refractivity contribution in [3.63, 3.8) is 0 Å². The van der Waals surface area contributed by atoms with E-state index in [4.69, 9.17) is 0 Å². The summed E-state index contributed by atoms with van der Waals surface area (Å²) in [6.07, 6.45) is 10.6. The maximum absolute atomic E-state index is 12.0. The van der Waals surface area contributed by atoms with Gasteiger partial charge in [-0.25, -0.2) is 10.4 Å². The molecule has 2 aromatic rings. The molecule has 2 heterocycles. The van der Waals surface area contributed by atoms with Crippen LogP contribution in [0.25, 0.3) is 4.96 Å². The van der Waals surface area contributed by atoms with Crippen molar-refractivity contribution >= 4 is 28.4 Å². The first-order valence-corrected chi connectivity index (χ1v) is 8.85. The van der Waals surface area contributed by atoms with Gasteiger partial charge in [-0.3, -0.25) is 9.20 Å². The molecule has 3 aliphatic carbocycles. The minimum absolute atomic E-state index is 0.130. The standard InChI is InChI=1S/C17H20N4OS/c1-17(2)12-4-3-11(14(17)7-12)9-18-20-15(22)8-13-10-21-5-6-23-16(21)19-13/h3,5-6,9-10,12,14H,4,7-8H2,1-2H3,(H,20,22)/t12-,14+/m0/s1. The van der Waals surface area contributed by atoms with E-state index in [-0.39, 0.29) is 12.3 Å². The quantitative estimate of drug-likeness (QED) is 0.693. The molecule has 2 atom stereocenters. The number of thiazole rings is 1. The van der Waals surface area contributed by atoms with Crippen molar-refractivity contribution in [2.75, 3.05) is 0 Å². The number of allylic oxidation sites excluding steroid dienone is 2. The SMILES string of the molecule is CC1(C)[C@H]2CC=C(C=NNC(=O)Cc3cn4ccsc4n3)[C@H]1C2. The van der Waals surface area contributed by atoms with Crippen molar-refractivity contribution in [2.45, 2.75) is 33.1 Å². The lowest BCUT2D eigenvalue weighted by Gasteiger charge is -2.55. The summed E-state index contributed by atoms with van der Waals surface area (Å²) in [4.78, 5) is 17.3. The monoisotopic (exact) mass is 328 g/mol. The predicted octanol–water partition coefficient (Wildman–Crippen LogP) is 3.03. The lowest BCUT2D eigenvalue weighted by atomic mass is 9.49. The summed E-state index contributed by atoms with van der Waals surface area (Å²) < 4.78 is 1.93. The highest BCUT2D eigenvalue weighted by molar-refractivity contribution is 7.15. The van der Waals surface area contributed by atoms with Crippen LogP contribution in [0.5, 0.6) is 0 Å². The van der Waals surface area contributed by atoms with Crippen molar-refractivity contribution in [2.24, 2.45) is 22.4 Å². The molecular weight excluding hydrogens is 308 g/mol. The van der Waals surface area contributed by atoms with Gasteiger partial charge in [0, 0.05) is 17.8 Å². The molecule has 0 aliphatic heterocycles. The zero-order valence-electron chi connectivity index (χ0n) is 13.3. The van der Waals surface area contributed by atoms with Crippen molar-refractivity contribution in [3.8, 4) is 0 Å². The Morgan fingerprint density at radius 2 is 2.48 bits per heavy atom. The molecule has 1 N–H and O–H groups in total. The Morgan fingerprint density at radius 1 is 1.61 bits per heavy atom. The Hall–Kier alpha value is -1.95. The van der Waals surface area contributed by atoms with Crippen molar-refractivity contribution in [1.82, 2.24) is 14.8 Å². The molecule has 120 valence electrons. The number of nitrogens with zero attached hydrogens (tertiary/aromatic N) is 3. The summed E-state index contributed by atoms with van der Waals surface area (Å²) in [6.45, 7) is 4.66. The molecule has 0 aromatic carbocycles. The molecule has 2 aromatic heterocycles. The van der Waals surface area contributed by atoms with E-state index in [2.05, 4.69) is 35.4 Å². The van der Waals surface area contributed by atoms with Crippen LogP contribution in [0.3, 0.4) is 0 Å². The molecule has 1 fully saturated rings. The summed E-state index contributed by atoms with van der Waals surface area (Å²) in [5.41, 5.74) is 5.03. The number of amides is 1. The number of hydrogen-bond donors (Lipinski definition) is 1. The number of hydrazone groups is 1. The molecule has 2 bridgehead atoms. The van der Waals surface area contributed by atoms with Crippen LogP contribution in [-0.2, 0) is 11.2 Å². The number of rotatable bonds is 4. The number of aromatic nitrogens is 2. The molecule has 5 nitrogen and oxygen atoms in total. The average molecular weight is 328 g/mol. The first-order chi connectivity index (χ1) is 11.0. The second kappa shape index (κ2) is 5.30. The second-order valence-corrected chi connectivity index (χ2v) is 7.91. The third-order valence-electron chi connectivity index (χ3n) is 5.40. The number of hydrogen-bond acceptors (Lipinski definition) is 4. The second-order valence-electron chi connectivity index (χ2n) is 7.04. The summed E-state index contributed by atoms with van der Waals surface area (Å²) in [6, 6.07) is 0. The molecule has 1 saturated carbocycles. The minimum Gasteiger partial charge on any atom is -0.297 e. The van der Waals surface area contributed by atoms with Crippen LogP contribution < -0.4 is 5.43 Å². The third-order valence-corrected chi connectivity index (χ3v) is 6.17. The molecule has 0 saturated heterocycles. The van der Waals surface area contributed by atoms with Gasteiger partial charge >= 0.3 is 0 Å². The van der Waals surface area contributed by atoms with E-state index in [9.17, 15) is 4.79 Å². The fourth-order valence-electron chi connectivity index (χ4n) is 3.79. The van der Waals surface area contributed by atoms with Gasteiger partial charge < -0.3 is 0 Å². The largest absolute Gasteiger partial charge is 0.297 e. The lowest BCUT2D eigenvalue weighted by Crippen LogP contribution is -2.48. The summed E-state index contributed by atoms with van der Waals surface area (Å²) in [5.74, 6) is 1.27. The molecule has 3 aliphatic rings. The molecule has 0 unspecified atom stereocenters. The van der Waals surface area contributed by atoms with E-state index in [0.717, 1.165) is 23.0 Å². The summed E-state index contributed by atoms with van der Waals surface area (Å²) in [7, 11) is 0. The molecular formula is C17H20N4OS. The predicted molar refractivity (Wildman–Crippen MR) is 91.5 cm³/mol. The first-order valence-electron chi connectivity index (χ1n) is 7.97. The van der Waals surface area contributed by atoms with Crippen molar-refractivity contribution in [1.29, 1.82) is 0 Å². The highest BCUT2D eigenvalue weighted by Gasteiger charge is 2.50. The summed E-state index contributed by atoms with van der Waals surface area (Å²) >= 11 is 1.56. The normalized spacial score (nSPS) is 25.4. The van der Waals surface area contributed by atoms with Gasteiger partial charge in [0.25, 0.3) is 0 Å². The zero-order chi connectivity index (χ0) is 16.0. The van der Waals surface area contributed by atoms with Crippen LogP contribution in [0, 0.1) is 17.3 Å². The van der Waals surface area contributed by atoms with E-state index >= 15 is 0 Å². The first kappa shape index (κ1) is 14.6. The Morgan fingerprint density at radius 3 is 3.22 bits per heavy atom. The van der Waals surface area contributed by atoms with E-state index in [1.807, 2.05) is 28.4 Å². The maximum Gasteiger partial charge on any atom is 0.246 e. The van der Waals surface area contributed by atoms with Crippen LogP contribution >= 0.6 is 11.3 Å². The molecule has 23 heavy (non-hydrogen) atoms. The van der Waals surface area contributed by atoms with Gasteiger partial charge in [0.1, 0.15) is 0 Å². The molecule has 6 heteroatoms. The number of fused-ring (bicyclic) bond motifs is 2. The summed E-state index contributed by atoms with van der Waals surface area (Å²) in [5, 5.41) is 6.12. The maximum atomic E-state index is 12.0. The minimum atomic E-state index is -0.130. The lowest BCUT2D eigenvalue weighted by molar-refractivity contribution is -0.120. The van der Waals surface area contributed by atoms with Gasteiger partial charge in [-0.15, -0.1) is 11.3 Å². The van der Waals surface area contributed by atoms with Gasteiger partial charge in [-0.05, 0) is 35.7 Å². The molecule has 0 spiro atoms. The Balaban J connectivity index is 1.34. The fourth-order valence-corrected chi connectivity index (χ4v) is 4.51. The number of nitrogens with one attached hydrogen (secondary N) is 1. The van der Waals surface area contributed by atoms with Gasteiger partial charge in [0.05, 0.1) is 18.3 Å². The number of carbonyl (C=O) groups excluding carboxylic acids is 1. The Kier molecular flexibility index (Phi) is 3.37.